The maximum Gasteiger partial charge on any atom is 0.353 e. The summed E-state index contributed by atoms with van der Waals surface area (Å²) in [5.74, 6) is -1.17. The summed E-state index contributed by atoms with van der Waals surface area (Å²) in [5, 5.41) is 15.7. The average Bonchev–Trinajstić information content (AvgIpc) is 2.65. The Bertz CT molecular complexity index is 600. The van der Waals surface area contributed by atoms with Gasteiger partial charge in [0.25, 0.3) is 0 Å². The highest BCUT2D eigenvalue weighted by Crippen LogP contribution is 2.00. The molecule has 2 aromatic heterocycles. The fourth-order valence-electron chi connectivity index (χ4n) is 1.26. The topological polar surface area (TPSA) is 128 Å². The number of nitrogens with zero attached hydrogens (tertiary/aromatic N) is 5. The molecule has 0 fully saturated rings. The van der Waals surface area contributed by atoms with E-state index in [0.717, 1.165) is 9.08 Å². The molecule has 0 unspecified atom stereocenters. The van der Waals surface area contributed by atoms with Crippen molar-refractivity contribution in [1.29, 1.82) is 0 Å². The van der Waals surface area contributed by atoms with E-state index in [1.54, 1.807) is 0 Å². The lowest BCUT2D eigenvalue weighted by Gasteiger charge is -1.99. The number of fused-ring (bicyclic) bond motifs is 1. The van der Waals surface area contributed by atoms with Crippen LogP contribution in [0.25, 0.3) is 5.65 Å². The molecule has 0 amide bonds. The number of carboxylic acid groups (broad SMARTS) is 1. The maximum absolute atomic E-state index is 11.7. The first-order valence-electron chi connectivity index (χ1n) is 4.35. The molecule has 9 heteroatoms. The fraction of sp³-hybridized carbons (Fsp3) is 0.286. The number of carboxylic acids is 1. The van der Waals surface area contributed by atoms with Crippen molar-refractivity contribution in [3.05, 3.63) is 22.5 Å². The summed E-state index contributed by atoms with van der Waals surface area (Å²) < 4.78 is 1.84. The second-order valence-corrected chi connectivity index (χ2v) is 3.01. The van der Waals surface area contributed by atoms with E-state index in [0.29, 0.717) is 5.69 Å². The van der Waals surface area contributed by atoms with Crippen molar-refractivity contribution in [2.45, 2.75) is 13.1 Å². The van der Waals surface area contributed by atoms with Crippen molar-refractivity contribution in [3.8, 4) is 0 Å². The molecule has 2 aromatic rings. The Kier molecular flexibility index (Phi) is 2.37. The first-order chi connectivity index (χ1) is 7.63. The molecule has 0 saturated carbocycles. The predicted octanol–water partition coefficient (Wildman–Crippen LogP) is -2.17. The van der Waals surface area contributed by atoms with Crippen LogP contribution in [0.15, 0.2) is 11.1 Å². The summed E-state index contributed by atoms with van der Waals surface area (Å²) in [4.78, 5) is 26.0. The number of aromatic nitrogens is 5. The van der Waals surface area contributed by atoms with E-state index in [2.05, 4.69) is 15.3 Å². The average molecular weight is 224 g/mol. The van der Waals surface area contributed by atoms with Gasteiger partial charge >= 0.3 is 11.7 Å². The Hall–Kier alpha value is -2.29. The maximum atomic E-state index is 11.7. The number of aliphatic carboxylic acids is 1. The molecule has 3 N–H and O–H groups in total. The van der Waals surface area contributed by atoms with Gasteiger partial charge in [-0.2, -0.15) is 4.68 Å². The van der Waals surface area contributed by atoms with Gasteiger partial charge < -0.3 is 10.8 Å². The van der Waals surface area contributed by atoms with E-state index in [9.17, 15) is 9.59 Å². The monoisotopic (exact) mass is 224 g/mol. The van der Waals surface area contributed by atoms with Gasteiger partial charge in [-0.05, 0) is 0 Å². The van der Waals surface area contributed by atoms with Crippen LogP contribution in [0.3, 0.4) is 0 Å². The van der Waals surface area contributed by atoms with E-state index in [-0.39, 0.29) is 12.2 Å². The number of carbonyl (C=O) groups is 1. The molecule has 0 bridgehead atoms. The molecule has 0 aliphatic rings. The van der Waals surface area contributed by atoms with Crippen molar-refractivity contribution in [3.63, 3.8) is 0 Å². The second-order valence-electron chi connectivity index (χ2n) is 3.01. The third-order valence-corrected chi connectivity index (χ3v) is 1.97. The van der Waals surface area contributed by atoms with Gasteiger partial charge in [0.2, 0.25) is 0 Å². The summed E-state index contributed by atoms with van der Waals surface area (Å²) in [7, 11) is 0. The van der Waals surface area contributed by atoms with Gasteiger partial charge in [-0.15, -0.1) is 5.10 Å². The van der Waals surface area contributed by atoms with E-state index < -0.39 is 18.2 Å². The van der Waals surface area contributed by atoms with Gasteiger partial charge in [-0.3, -0.25) is 4.79 Å². The van der Waals surface area contributed by atoms with Crippen LogP contribution in [0.1, 0.15) is 5.69 Å². The Morgan fingerprint density at radius 3 is 2.94 bits per heavy atom. The van der Waals surface area contributed by atoms with Gasteiger partial charge in [0.15, 0.2) is 5.65 Å². The van der Waals surface area contributed by atoms with Crippen molar-refractivity contribution >= 4 is 11.6 Å². The highest BCUT2D eigenvalue weighted by atomic mass is 16.4. The normalized spacial score (nSPS) is 10.8. The summed E-state index contributed by atoms with van der Waals surface area (Å²) in [6.07, 6.45) is 1.24. The number of imidazole rings is 1. The molecule has 16 heavy (non-hydrogen) atoms. The molecule has 2 rings (SSSR count). The van der Waals surface area contributed by atoms with Crippen LogP contribution in [0.5, 0.6) is 0 Å². The van der Waals surface area contributed by atoms with Gasteiger partial charge in [0.1, 0.15) is 18.6 Å². The molecule has 9 nitrogen and oxygen atoms in total. The van der Waals surface area contributed by atoms with E-state index in [1.807, 2.05) is 0 Å². The summed E-state index contributed by atoms with van der Waals surface area (Å²) in [5.41, 5.74) is 5.45. The molecule has 0 radical (unpaired) electrons. The predicted molar refractivity (Wildman–Crippen MR) is 50.6 cm³/mol. The van der Waals surface area contributed by atoms with Crippen molar-refractivity contribution in [1.82, 2.24) is 24.4 Å². The van der Waals surface area contributed by atoms with Crippen LogP contribution < -0.4 is 11.4 Å². The largest absolute Gasteiger partial charge is 0.480 e. The SMILES string of the molecule is NCc1ncn2c(=O)n(CC(=O)O)nnc12. The van der Waals surface area contributed by atoms with Crippen LogP contribution in [0.2, 0.25) is 0 Å². The van der Waals surface area contributed by atoms with Gasteiger partial charge in [-0.25, -0.2) is 14.2 Å². The van der Waals surface area contributed by atoms with Crippen molar-refractivity contribution < 1.29 is 9.90 Å². The lowest BCUT2D eigenvalue weighted by atomic mass is 10.5. The first-order valence-corrected chi connectivity index (χ1v) is 4.35. The number of hydrogen-bond acceptors (Lipinski definition) is 6. The Morgan fingerprint density at radius 2 is 2.31 bits per heavy atom. The molecular weight excluding hydrogens is 216 g/mol. The molecule has 0 atom stereocenters. The molecule has 0 saturated heterocycles. The second kappa shape index (κ2) is 3.70. The van der Waals surface area contributed by atoms with Crippen LogP contribution in [-0.4, -0.2) is 35.5 Å². The molecule has 0 aliphatic carbocycles. The number of hydrogen-bond donors (Lipinski definition) is 2. The van der Waals surface area contributed by atoms with Crippen molar-refractivity contribution in [2.24, 2.45) is 5.73 Å². The standard InChI is InChI=1S/C7H8N6O3/c8-1-4-6-10-11-13(2-5(14)15)7(16)12(6)3-9-4/h3H,1-2,8H2,(H,14,15). The quantitative estimate of drug-likeness (QED) is 0.606. The van der Waals surface area contributed by atoms with Crippen molar-refractivity contribution in [2.75, 3.05) is 0 Å². The summed E-state index contributed by atoms with van der Waals surface area (Å²) in [6, 6.07) is 0. The van der Waals surface area contributed by atoms with Gasteiger partial charge in [0.05, 0.1) is 0 Å². The minimum absolute atomic E-state index is 0.133. The third kappa shape index (κ3) is 1.52. The molecular formula is C7H8N6O3. The summed E-state index contributed by atoms with van der Waals surface area (Å²) >= 11 is 0. The van der Waals surface area contributed by atoms with Crippen LogP contribution >= 0.6 is 0 Å². The lowest BCUT2D eigenvalue weighted by Crippen LogP contribution is -2.32. The molecule has 0 aromatic carbocycles. The fourth-order valence-corrected chi connectivity index (χ4v) is 1.26. The Balaban J connectivity index is 2.62. The number of nitrogens with two attached hydrogens (primary N) is 1. The zero-order chi connectivity index (χ0) is 11.7. The van der Waals surface area contributed by atoms with Crippen LogP contribution in [0, 0.1) is 0 Å². The molecule has 0 aliphatic heterocycles. The first kappa shape index (κ1) is 10.2. The minimum atomic E-state index is -1.17. The molecule has 84 valence electrons. The highest BCUT2D eigenvalue weighted by Gasteiger charge is 2.11. The minimum Gasteiger partial charge on any atom is -0.480 e. The Morgan fingerprint density at radius 1 is 1.56 bits per heavy atom. The zero-order valence-corrected chi connectivity index (χ0v) is 8.07. The number of rotatable bonds is 3. The van der Waals surface area contributed by atoms with E-state index in [1.165, 1.54) is 6.33 Å². The zero-order valence-electron chi connectivity index (χ0n) is 8.07. The summed E-state index contributed by atoms with van der Waals surface area (Å²) in [6.45, 7) is -0.411. The third-order valence-electron chi connectivity index (χ3n) is 1.97. The van der Waals surface area contributed by atoms with Crippen LogP contribution in [-0.2, 0) is 17.9 Å². The lowest BCUT2D eigenvalue weighted by molar-refractivity contribution is -0.138. The van der Waals surface area contributed by atoms with E-state index in [4.69, 9.17) is 10.8 Å². The smallest absolute Gasteiger partial charge is 0.353 e. The van der Waals surface area contributed by atoms with E-state index >= 15 is 0 Å². The molecule has 0 spiro atoms. The molecule has 2 heterocycles. The van der Waals surface area contributed by atoms with Gasteiger partial charge in [-0.1, -0.05) is 5.21 Å². The van der Waals surface area contributed by atoms with Crippen LogP contribution in [0.4, 0.5) is 0 Å². The highest BCUT2D eigenvalue weighted by molar-refractivity contribution is 5.66. The van der Waals surface area contributed by atoms with Gasteiger partial charge in [0, 0.05) is 6.54 Å². The Labute approximate surface area is 88.1 Å².